The fourth-order valence-electron chi connectivity index (χ4n) is 3.33. The molecule has 2 unspecified atom stereocenters. The smallest absolute Gasteiger partial charge is 0.0703 e. The molecule has 2 aliphatic rings. The molecule has 0 saturated carbocycles. The number of hydrogen-bond acceptors (Lipinski definition) is 4. The van der Waals surface area contributed by atoms with E-state index in [4.69, 9.17) is 0 Å². The first-order valence-electron chi connectivity index (χ1n) is 6.84. The fraction of sp³-hybridized carbons (Fsp3) is 0.643. The molecule has 1 N–H and O–H groups in total. The lowest BCUT2D eigenvalue weighted by molar-refractivity contribution is 0.202. The van der Waals surface area contributed by atoms with E-state index in [9.17, 15) is 5.11 Å². The quantitative estimate of drug-likeness (QED) is 0.853. The molecule has 2 saturated heterocycles. The lowest BCUT2D eigenvalue weighted by atomic mass is 10.1. The van der Waals surface area contributed by atoms with Crippen molar-refractivity contribution in [1.82, 2.24) is 9.88 Å². The van der Waals surface area contributed by atoms with E-state index in [1.165, 1.54) is 19.4 Å². The standard InChI is InChI=1S/C14H21N3O/c1-11-8-16-6-2-3-13(16)9-17(11)14-7-15-5-4-12(14)10-18/h4-5,7,11,13,18H,2-3,6,8-10H2,1H3. The van der Waals surface area contributed by atoms with Gasteiger partial charge >= 0.3 is 0 Å². The number of aliphatic hydroxyl groups excluding tert-OH is 1. The summed E-state index contributed by atoms with van der Waals surface area (Å²) in [6, 6.07) is 3.10. The van der Waals surface area contributed by atoms with Gasteiger partial charge < -0.3 is 10.0 Å². The molecular formula is C14H21N3O. The Morgan fingerprint density at radius 2 is 2.33 bits per heavy atom. The van der Waals surface area contributed by atoms with Crippen molar-refractivity contribution >= 4 is 5.69 Å². The van der Waals surface area contributed by atoms with Crippen LogP contribution in [0.25, 0.3) is 0 Å². The Hall–Kier alpha value is -1.13. The predicted octanol–water partition coefficient (Wildman–Crippen LogP) is 1.25. The van der Waals surface area contributed by atoms with Crippen LogP contribution in [0.5, 0.6) is 0 Å². The van der Waals surface area contributed by atoms with E-state index in [1.807, 2.05) is 12.3 Å². The van der Waals surface area contributed by atoms with E-state index >= 15 is 0 Å². The molecule has 3 heterocycles. The second-order valence-electron chi connectivity index (χ2n) is 5.45. The molecule has 0 amide bonds. The van der Waals surface area contributed by atoms with E-state index < -0.39 is 0 Å². The second kappa shape index (κ2) is 4.86. The first-order valence-corrected chi connectivity index (χ1v) is 6.84. The molecule has 98 valence electrons. The van der Waals surface area contributed by atoms with Gasteiger partial charge in [0, 0.05) is 36.9 Å². The highest BCUT2D eigenvalue weighted by atomic mass is 16.3. The number of rotatable bonds is 2. The Balaban J connectivity index is 1.86. The molecule has 0 aliphatic carbocycles. The number of anilines is 1. The summed E-state index contributed by atoms with van der Waals surface area (Å²) in [5.74, 6) is 0. The van der Waals surface area contributed by atoms with Crippen LogP contribution in [0, 0.1) is 0 Å². The number of aliphatic hydroxyl groups is 1. The van der Waals surface area contributed by atoms with Gasteiger partial charge in [-0.25, -0.2) is 0 Å². The lowest BCUT2D eigenvalue weighted by Gasteiger charge is -2.44. The van der Waals surface area contributed by atoms with Gasteiger partial charge in [-0.3, -0.25) is 9.88 Å². The number of piperazine rings is 1. The summed E-state index contributed by atoms with van der Waals surface area (Å²) in [5, 5.41) is 9.46. The van der Waals surface area contributed by atoms with Crippen LogP contribution < -0.4 is 4.90 Å². The first kappa shape index (κ1) is 11.9. The van der Waals surface area contributed by atoms with Gasteiger partial charge in [0.2, 0.25) is 0 Å². The van der Waals surface area contributed by atoms with Gasteiger partial charge in [0.25, 0.3) is 0 Å². The Morgan fingerprint density at radius 1 is 1.44 bits per heavy atom. The molecule has 18 heavy (non-hydrogen) atoms. The van der Waals surface area contributed by atoms with E-state index in [1.54, 1.807) is 6.20 Å². The van der Waals surface area contributed by atoms with Crippen LogP contribution in [-0.4, -0.2) is 46.7 Å². The van der Waals surface area contributed by atoms with E-state index in [0.717, 1.165) is 24.3 Å². The topological polar surface area (TPSA) is 39.6 Å². The number of nitrogens with zero attached hydrogens (tertiary/aromatic N) is 3. The maximum absolute atomic E-state index is 9.46. The first-order chi connectivity index (χ1) is 8.79. The average molecular weight is 247 g/mol. The van der Waals surface area contributed by atoms with Crippen LogP contribution in [0.4, 0.5) is 5.69 Å². The molecule has 0 aromatic carbocycles. The summed E-state index contributed by atoms with van der Waals surface area (Å²) in [5.41, 5.74) is 2.10. The molecule has 2 fully saturated rings. The van der Waals surface area contributed by atoms with Crippen molar-refractivity contribution in [1.29, 1.82) is 0 Å². The Kier molecular flexibility index (Phi) is 3.22. The summed E-state index contributed by atoms with van der Waals surface area (Å²) in [6.07, 6.45) is 6.28. The summed E-state index contributed by atoms with van der Waals surface area (Å²) in [4.78, 5) is 9.25. The minimum absolute atomic E-state index is 0.0927. The zero-order chi connectivity index (χ0) is 12.5. The summed E-state index contributed by atoms with van der Waals surface area (Å²) in [6.45, 7) is 5.81. The van der Waals surface area contributed by atoms with Gasteiger partial charge in [0.05, 0.1) is 18.5 Å². The zero-order valence-corrected chi connectivity index (χ0v) is 10.9. The molecule has 0 spiro atoms. The van der Waals surface area contributed by atoms with Crippen molar-refractivity contribution in [3.8, 4) is 0 Å². The van der Waals surface area contributed by atoms with Crippen molar-refractivity contribution in [2.75, 3.05) is 24.5 Å². The molecular weight excluding hydrogens is 226 g/mol. The number of pyridine rings is 1. The summed E-state index contributed by atoms with van der Waals surface area (Å²) >= 11 is 0. The lowest BCUT2D eigenvalue weighted by Crippen LogP contribution is -2.55. The summed E-state index contributed by atoms with van der Waals surface area (Å²) in [7, 11) is 0. The number of hydrogen-bond donors (Lipinski definition) is 1. The van der Waals surface area contributed by atoms with Gasteiger partial charge in [-0.1, -0.05) is 0 Å². The second-order valence-corrected chi connectivity index (χ2v) is 5.45. The van der Waals surface area contributed by atoms with Crippen LogP contribution in [0.2, 0.25) is 0 Å². The van der Waals surface area contributed by atoms with Crippen molar-refractivity contribution in [2.24, 2.45) is 0 Å². The molecule has 0 bridgehead atoms. The van der Waals surface area contributed by atoms with Crippen LogP contribution in [0.15, 0.2) is 18.5 Å². The monoisotopic (exact) mass is 247 g/mol. The Bertz CT molecular complexity index is 423. The third-order valence-electron chi connectivity index (χ3n) is 4.30. The highest BCUT2D eigenvalue weighted by molar-refractivity contribution is 5.53. The minimum atomic E-state index is 0.0927. The maximum Gasteiger partial charge on any atom is 0.0703 e. The van der Waals surface area contributed by atoms with Gasteiger partial charge in [-0.15, -0.1) is 0 Å². The third kappa shape index (κ3) is 1.99. The highest BCUT2D eigenvalue weighted by Gasteiger charge is 2.34. The fourth-order valence-corrected chi connectivity index (χ4v) is 3.33. The van der Waals surface area contributed by atoms with Gasteiger partial charge in [0.15, 0.2) is 0 Å². The molecule has 4 heteroatoms. The van der Waals surface area contributed by atoms with E-state index in [0.29, 0.717) is 12.1 Å². The predicted molar refractivity (Wildman–Crippen MR) is 71.6 cm³/mol. The van der Waals surface area contributed by atoms with Crippen LogP contribution in [0.3, 0.4) is 0 Å². The van der Waals surface area contributed by atoms with Gasteiger partial charge in [-0.2, -0.15) is 0 Å². The Morgan fingerprint density at radius 3 is 3.17 bits per heavy atom. The highest BCUT2D eigenvalue weighted by Crippen LogP contribution is 2.30. The Labute approximate surface area is 108 Å². The van der Waals surface area contributed by atoms with Gasteiger partial charge in [-0.05, 0) is 32.4 Å². The molecule has 3 rings (SSSR count). The van der Waals surface area contributed by atoms with Crippen molar-refractivity contribution in [3.05, 3.63) is 24.0 Å². The van der Waals surface area contributed by atoms with Crippen molar-refractivity contribution in [3.63, 3.8) is 0 Å². The van der Waals surface area contributed by atoms with Gasteiger partial charge in [0.1, 0.15) is 0 Å². The normalized spacial score (nSPS) is 28.4. The SMILES string of the molecule is CC1CN2CCCC2CN1c1cnccc1CO. The molecule has 4 nitrogen and oxygen atoms in total. The van der Waals surface area contributed by atoms with Crippen LogP contribution >= 0.6 is 0 Å². The van der Waals surface area contributed by atoms with Crippen molar-refractivity contribution in [2.45, 2.75) is 38.5 Å². The van der Waals surface area contributed by atoms with E-state index in [-0.39, 0.29) is 6.61 Å². The molecule has 0 radical (unpaired) electrons. The largest absolute Gasteiger partial charge is 0.392 e. The van der Waals surface area contributed by atoms with Crippen LogP contribution in [-0.2, 0) is 6.61 Å². The average Bonchev–Trinajstić information content (AvgIpc) is 2.84. The molecule has 2 aliphatic heterocycles. The third-order valence-corrected chi connectivity index (χ3v) is 4.30. The number of fused-ring (bicyclic) bond motifs is 1. The van der Waals surface area contributed by atoms with E-state index in [2.05, 4.69) is 21.7 Å². The molecule has 1 aromatic rings. The number of aromatic nitrogens is 1. The van der Waals surface area contributed by atoms with Crippen LogP contribution in [0.1, 0.15) is 25.3 Å². The zero-order valence-electron chi connectivity index (χ0n) is 10.9. The minimum Gasteiger partial charge on any atom is -0.392 e. The maximum atomic E-state index is 9.46. The molecule has 2 atom stereocenters. The molecule has 1 aromatic heterocycles. The van der Waals surface area contributed by atoms with Crippen molar-refractivity contribution < 1.29 is 5.11 Å². The summed E-state index contributed by atoms with van der Waals surface area (Å²) < 4.78 is 0.